The maximum Gasteiger partial charge on any atom is 0.339 e. The lowest BCUT2D eigenvalue weighted by molar-refractivity contribution is -0.139. The lowest BCUT2D eigenvalue weighted by Gasteiger charge is -2.33. The van der Waals surface area contributed by atoms with Gasteiger partial charge in [-0.05, 0) is 50.7 Å². The van der Waals surface area contributed by atoms with Gasteiger partial charge in [-0.2, -0.15) is 4.72 Å². The average molecular weight is 609 g/mol. The summed E-state index contributed by atoms with van der Waals surface area (Å²) in [5, 5.41) is 10.4. The summed E-state index contributed by atoms with van der Waals surface area (Å²) in [7, 11) is -3.38. The molecule has 2 amide bonds. The minimum absolute atomic E-state index is 0.0203. The fourth-order valence-corrected chi connectivity index (χ4v) is 6.31. The topological polar surface area (TPSA) is 201 Å². The molecule has 5 N–H and O–H groups in total. The summed E-state index contributed by atoms with van der Waals surface area (Å²) in [6.45, 7) is 3.26. The molecule has 1 aromatic rings. The van der Waals surface area contributed by atoms with Crippen LogP contribution in [0.1, 0.15) is 49.4 Å². The normalized spacial score (nSPS) is 18.4. The standard InChI is InChI=1S/C27H40N6O8S/c1-3-41-20(17-34)16-33(19-10-11-19)25(36)22(13-24(35)30-14-18-7-6-12-32(15-18)27(28)29)31-42(38,39)23-9-5-4-8-21(23)26(37)40-2/h4-5,8-9,17-20,22,31H,3,6-7,10-16H2,1-2H3,(H3,28,29)(H,30,35)/t18-,20?,22-/m0/s1. The van der Waals surface area contributed by atoms with Gasteiger partial charge in [0.15, 0.2) is 12.2 Å². The van der Waals surface area contributed by atoms with E-state index in [9.17, 15) is 27.6 Å². The molecule has 1 saturated heterocycles. The average Bonchev–Trinajstić information content (AvgIpc) is 3.82. The van der Waals surface area contributed by atoms with Gasteiger partial charge in [0.2, 0.25) is 21.8 Å². The number of benzene rings is 1. The quantitative estimate of drug-likeness (QED) is 0.0896. The van der Waals surface area contributed by atoms with Crippen LogP contribution in [-0.4, -0.2) is 106 Å². The van der Waals surface area contributed by atoms with E-state index >= 15 is 0 Å². The molecular weight excluding hydrogens is 568 g/mol. The summed E-state index contributed by atoms with van der Waals surface area (Å²) in [6.07, 6.45) is 2.08. The second-order valence-corrected chi connectivity index (χ2v) is 12.0. The Morgan fingerprint density at radius 1 is 1.24 bits per heavy atom. The third kappa shape index (κ3) is 8.97. The molecule has 1 aromatic carbocycles. The molecule has 0 aromatic heterocycles. The van der Waals surface area contributed by atoms with E-state index in [0.29, 0.717) is 32.2 Å². The third-order valence-electron chi connectivity index (χ3n) is 7.19. The van der Waals surface area contributed by atoms with Gasteiger partial charge in [0, 0.05) is 32.3 Å². The highest BCUT2D eigenvalue weighted by molar-refractivity contribution is 7.89. The van der Waals surface area contributed by atoms with Crippen molar-refractivity contribution in [3.8, 4) is 0 Å². The third-order valence-corrected chi connectivity index (χ3v) is 8.72. The van der Waals surface area contributed by atoms with Crippen molar-refractivity contribution in [2.45, 2.75) is 62.1 Å². The number of nitrogens with zero attached hydrogens (tertiary/aromatic N) is 2. The molecule has 15 heteroatoms. The lowest BCUT2D eigenvalue weighted by atomic mass is 9.98. The number of guanidine groups is 1. The van der Waals surface area contributed by atoms with Gasteiger partial charge in [-0.1, -0.05) is 12.1 Å². The van der Waals surface area contributed by atoms with Crippen LogP contribution in [0.3, 0.4) is 0 Å². The number of hydrogen-bond donors (Lipinski definition) is 4. The number of esters is 1. The highest BCUT2D eigenvalue weighted by Gasteiger charge is 2.40. The second kappa shape index (κ2) is 15.1. The van der Waals surface area contributed by atoms with Crippen LogP contribution in [0, 0.1) is 11.3 Å². The van der Waals surface area contributed by atoms with Crippen LogP contribution in [0.2, 0.25) is 0 Å². The maximum atomic E-state index is 13.8. The van der Waals surface area contributed by atoms with Gasteiger partial charge in [-0.25, -0.2) is 13.2 Å². The van der Waals surface area contributed by atoms with Crippen LogP contribution in [0.15, 0.2) is 29.2 Å². The molecule has 0 bridgehead atoms. The van der Waals surface area contributed by atoms with Crippen LogP contribution in [0.4, 0.5) is 0 Å². The first kappa shape index (κ1) is 32.9. The van der Waals surface area contributed by atoms with Crippen molar-refractivity contribution in [1.29, 1.82) is 5.41 Å². The molecule has 1 saturated carbocycles. The first-order valence-corrected chi connectivity index (χ1v) is 15.4. The Morgan fingerprint density at radius 3 is 2.57 bits per heavy atom. The van der Waals surface area contributed by atoms with E-state index in [1.165, 1.54) is 29.2 Å². The highest BCUT2D eigenvalue weighted by Crippen LogP contribution is 2.28. The molecular formula is C27H40N6O8S. The van der Waals surface area contributed by atoms with Crippen LogP contribution >= 0.6 is 0 Å². The van der Waals surface area contributed by atoms with Crippen LogP contribution in [0.25, 0.3) is 0 Å². The molecule has 3 atom stereocenters. The molecule has 1 aliphatic carbocycles. The summed E-state index contributed by atoms with van der Waals surface area (Å²) >= 11 is 0. The Bertz CT molecular complexity index is 1250. The zero-order valence-corrected chi connectivity index (χ0v) is 24.7. The van der Waals surface area contributed by atoms with E-state index in [4.69, 9.17) is 20.6 Å². The number of hydrogen-bond acceptors (Lipinski definition) is 9. The molecule has 0 spiro atoms. The first-order valence-electron chi connectivity index (χ1n) is 13.9. The summed E-state index contributed by atoms with van der Waals surface area (Å²) < 4.78 is 39.5. The van der Waals surface area contributed by atoms with E-state index in [1.54, 1.807) is 11.8 Å². The maximum absolute atomic E-state index is 13.8. The Morgan fingerprint density at radius 2 is 1.95 bits per heavy atom. The minimum Gasteiger partial charge on any atom is -0.465 e. The zero-order valence-electron chi connectivity index (χ0n) is 23.9. The first-order chi connectivity index (χ1) is 20.0. The Balaban J connectivity index is 1.83. The molecule has 14 nitrogen and oxygen atoms in total. The number of carbonyl (C=O) groups excluding carboxylic acids is 4. The van der Waals surface area contributed by atoms with E-state index < -0.39 is 51.3 Å². The monoisotopic (exact) mass is 608 g/mol. The van der Waals surface area contributed by atoms with Crippen molar-refractivity contribution in [3.63, 3.8) is 0 Å². The van der Waals surface area contributed by atoms with Crippen molar-refractivity contribution >= 4 is 40.1 Å². The number of amides is 2. The van der Waals surface area contributed by atoms with Gasteiger partial charge < -0.3 is 35.1 Å². The molecule has 42 heavy (non-hydrogen) atoms. The largest absolute Gasteiger partial charge is 0.465 e. The van der Waals surface area contributed by atoms with Gasteiger partial charge in [0.25, 0.3) is 0 Å². The number of aldehydes is 1. The minimum atomic E-state index is -4.49. The molecule has 1 unspecified atom stereocenters. The predicted octanol–water partition coefficient (Wildman–Crippen LogP) is -0.173. The van der Waals surface area contributed by atoms with E-state index in [1.807, 2.05) is 0 Å². The fraction of sp³-hybridized carbons (Fsp3) is 0.593. The smallest absolute Gasteiger partial charge is 0.339 e. The van der Waals surface area contributed by atoms with Crippen LogP contribution < -0.4 is 15.8 Å². The van der Waals surface area contributed by atoms with Crippen molar-refractivity contribution in [3.05, 3.63) is 29.8 Å². The summed E-state index contributed by atoms with van der Waals surface area (Å²) in [6, 6.07) is 3.63. The number of carbonyl (C=O) groups is 4. The molecule has 3 rings (SSSR count). The number of piperidine rings is 1. The SMILES string of the molecule is CCOC(C=O)CN(C(=O)[C@H](CC(=O)NC[C@@H]1CCCN(C(=N)N)C1)NS(=O)(=O)c1ccccc1C(=O)OC)C1CC1. The summed E-state index contributed by atoms with van der Waals surface area (Å²) in [5.74, 6) is -2.15. The number of rotatable bonds is 15. The Kier molecular flexibility index (Phi) is 11.8. The lowest BCUT2D eigenvalue weighted by Crippen LogP contribution is -2.53. The van der Waals surface area contributed by atoms with Gasteiger partial charge >= 0.3 is 5.97 Å². The fourth-order valence-electron chi connectivity index (χ4n) is 4.92. The van der Waals surface area contributed by atoms with E-state index in [-0.39, 0.29) is 43.2 Å². The highest BCUT2D eigenvalue weighted by atomic mass is 32.2. The number of nitrogens with two attached hydrogens (primary N) is 1. The summed E-state index contributed by atoms with van der Waals surface area (Å²) in [4.78, 5) is 53.5. The van der Waals surface area contributed by atoms with Crippen molar-refractivity contribution < 1.29 is 37.1 Å². The van der Waals surface area contributed by atoms with Crippen molar-refractivity contribution in [2.75, 3.05) is 39.9 Å². The zero-order chi connectivity index (χ0) is 30.9. The summed E-state index contributed by atoms with van der Waals surface area (Å²) in [5.41, 5.74) is 5.38. The molecule has 0 radical (unpaired) electrons. The molecule has 2 aliphatic rings. The van der Waals surface area contributed by atoms with E-state index in [2.05, 4.69) is 10.0 Å². The molecule has 1 aliphatic heterocycles. The second-order valence-electron chi connectivity index (χ2n) is 10.4. The number of nitrogens with one attached hydrogen (secondary N) is 3. The van der Waals surface area contributed by atoms with Crippen LogP contribution in [-0.2, 0) is 33.9 Å². The van der Waals surface area contributed by atoms with Gasteiger partial charge in [-0.15, -0.1) is 0 Å². The van der Waals surface area contributed by atoms with Crippen molar-refractivity contribution in [2.24, 2.45) is 11.7 Å². The van der Waals surface area contributed by atoms with Crippen molar-refractivity contribution in [1.82, 2.24) is 19.8 Å². The number of ether oxygens (including phenoxy) is 2. The predicted molar refractivity (Wildman–Crippen MR) is 152 cm³/mol. The Labute approximate surface area is 245 Å². The number of methoxy groups -OCH3 is 1. The van der Waals surface area contributed by atoms with Crippen LogP contribution in [0.5, 0.6) is 0 Å². The van der Waals surface area contributed by atoms with Gasteiger partial charge in [0.05, 0.1) is 30.5 Å². The molecule has 232 valence electrons. The molecule has 2 fully saturated rings. The van der Waals surface area contributed by atoms with Gasteiger partial charge in [0.1, 0.15) is 12.1 Å². The Hall–Kier alpha value is -3.56. The molecule has 1 heterocycles. The van der Waals surface area contributed by atoms with E-state index in [0.717, 1.165) is 20.0 Å². The van der Waals surface area contributed by atoms with Gasteiger partial charge in [-0.3, -0.25) is 15.0 Å². The number of likely N-dealkylation sites (tertiary alicyclic amines) is 1. The number of sulfonamides is 1.